The number of rotatable bonds is 7. The lowest BCUT2D eigenvalue weighted by atomic mass is 9.84. The topological polar surface area (TPSA) is 37.8 Å². The first-order valence-corrected chi connectivity index (χ1v) is 8.67. The van der Waals surface area contributed by atoms with Gasteiger partial charge in [-0.2, -0.15) is 0 Å². The molecule has 1 aliphatic rings. The molecule has 0 aliphatic heterocycles. The summed E-state index contributed by atoms with van der Waals surface area (Å²) >= 11 is 1.60. The molecule has 1 unspecified atom stereocenters. The van der Waals surface area contributed by atoms with Crippen LogP contribution in [0.3, 0.4) is 0 Å². The van der Waals surface area contributed by atoms with Crippen LogP contribution in [-0.4, -0.2) is 16.1 Å². The molecule has 0 spiro atoms. The van der Waals surface area contributed by atoms with Gasteiger partial charge in [0.15, 0.2) is 0 Å². The van der Waals surface area contributed by atoms with E-state index in [9.17, 15) is 0 Å². The van der Waals surface area contributed by atoms with Crippen molar-refractivity contribution in [1.29, 1.82) is 0 Å². The first-order chi connectivity index (χ1) is 9.35. The van der Waals surface area contributed by atoms with Crippen LogP contribution in [0.5, 0.6) is 0 Å². The fraction of sp³-hybridized carbons (Fsp3) is 0.867. The van der Waals surface area contributed by atoms with Crippen LogP contribution >= 0.6 is 11.5 Å². The summed E-state index contributed by atoms with van der Waals surface area (Å²) in [6, 6.07) is 0.481. The Morgan fingerprint density at radius 3 is 2.74 bits per heavy atom. The van der Waals surface area contributed by atoms with Crippen molar-refractivity contribution in [2.75, 3.05) is 6.54 Å². The number of hydrogen-bond donors (Lipinski definition) is 1. The predicted molar refractivity (Wildman–Crippen MR) is 81.5 cm³/mol. The monoisotopic (exact) mass is 281 g/mol. The Labute approximate surface area is 121 Å². The molecule has 0 bridgehead atoms. The van der Waals surface area contributed by atoms with Gasteiger partial charge in [-0.25, -0.2) is 0 Å². The van der Waals surface area contributed by atoms with Gasteiger partial charge in [0.1, 0.15) is 0 Å². The second-order valence-electron chi connectivity index (χ2n) is 5.68. The van der Waals surface area contributed by atoms with E-state index in [0.717, 1.165) is 25.3 Å². The van der Waals surface area contributed by atoms with Crippen molar-refractivity contribution >= 4 is 11.5 Å². The van der Waals surface area contributed by atoms with E-state index in [0.29, 0.717) is 6.04 Å². The lowest BCUT2D eigenvalue weighted by molar-refractivity contribution is 0.302. The number of nitrogens with zero attached hydrogens (tertiary/aromatic N) is 2. The largest absolute Gasteiger partial charge is 0.309 e. The SMILES string of the molecule is CCCc1nnsc1C(CC1CCCCC1)NCC. The molecule has 1 aromatic rings. The van der Waals surface area contributed by atoms with E-state index < -0.39 is 0 Å². The smallest absolute Gasteiger partial charge is 0.0803 e. The van der Waals surface area contributed by atoms with E-state index >= 15 is 0 Å². The molecule has 0 aromatic carbocycles. The minimum atomic E-state index is 0.481. The molecule has 19 heavy (non-hydrogen) atoms. The van der Waals surface area contributed by atoms with Gasteiger partial charge in [-0.3, -0.25) is 0 Å². The highest BCUT2D eigenvalue weighted by Crippen LogP contribution is 2.34. The van der Waals surface area contributed by atoms with Gasteiger partial charge >= 0.3 is 0 Å². The third-order valence-electron chi connectivity index (χ3n) is 4.13. The van der Waals surface area contributed by atoms with Crippen molar-refractivity contribution < 1.29 is 0 Å². The lowest BCUT2D eigenvalue weighted by Gasteiger charge is -2.26. The summed E-state index contributed by atoms with van der Waals surface area (Å²) in [4.78, 5) is 1.40. The molecule has 0 amide bonds. The van der Waals surface area contributed by atoms with Crippen LogP contribution in [0.25, 0.3) is 0 Å². The molecule has 1 N–H and O–H groups in total. The second kappa shape index (κ2) is 7.95. The normalized spacial score (nSPS) is 18.6. The summed E-state index contributed by atoms with van der Waals surface area (Å²) < 4.78 is 4.19. The molecular formula is C15H27N3S. The Hall–Kier alpha value is -0.480. The average molecular weight is 281 g/mol. The molecule has 2 rings (SSSR count). The summed E-state index contributed by atoms with van der Waals surface area (Å²) in [7, 11) is 0. The summed E-state index contributed by atoms with van der Waals surface area (Å²) in [5.41, 5.74) is 1.23. The molecule has 1 atom stereocenters. The molecule has 1 saturated carbocycles. The lowest BCUT2D eigenvalue weighted by Crippen LogP contribution is -2.24. The molecule has 0 saturated heterocycles. The van der Waals surface area contributed by atoms with Crippen molar-refractivity contribution in [3.05, 3.63) is 10.6 Å². The Morgan fingerprint density at radius 1 is 1.26 bits per heavy atom. The van der Waals surface area contributed by atoms with Gasteiger partial charge < -0.3 is 5.32 Å². The Morgan fingerprint density at radius 2 is 2.05 bits per heavy atom. The predicted octanol–water partition coefficient (Wildman–Crippen LogP) is 4.11. The molecule has 3 nitrogen and oxygen atoms in total. The van der Waals surface area contributed by atoms with Crippen LogP contribution in [0.2, 0.25) is 0 Å². The molecule has 108 valence electrons. The molecular weight excluding hydrogens is 254 g/mol. The Balaban J connectivity index is 2.02. The molecule has 0 radical (unpaired) electrons. The zero-order chi connectivity index (χ0) is 13.5. The van der Waals surface area contributed by atoms with Crippen molar-refractivity contribution in [3.8, 4) is 0 Å². The highest BCUT2D eigenvalue weighted by atomic mass is 32.1. The summed E-state index contributed by atoms with van der Waals surface area (Å²) in [5, 5.41) is 7.99. The van der Waals surface area contributed by atoms with Gasteiger partial charge in [0.05, 0.1) is 10.6 Å². The second-order valence-corrected chi connectivity index (χ2v) is 6.47. The zero-order valence-corrected chi connectivity index (χ0v) is 13.1. The summed E-state index contributed by atoms with van der Waals surface area (Å²) in [6.07, 6.45) is 10.6. The molecule has 1 heterocycles. The van der Waals surface area contributed by atoms with Crippen molar-refractivity contribution in [2.45, 2.75) is 71.3 Å². The fourth-order valence-corrected chi connectivity index (χ4v) is 3.96. The van der Waals surface area contributed by atoms with E-state index in [-0.39, 0.29) is 0 Å². The minimum Gasteiger partial charge on any atom is -0.309 e. The van der Waals surface area contributed by atoms with Gasteiger partial charge in [-0.15, -0.1) is 5.10 Å². The van der Waals surface area contributed by atoms with Gasteiger partial charge in [0.25, 0.3) is 0 Å². The van der Waals surface area contributed by atoms with E-state index in [1.807, 2.05) is 0 Å². The van der Waals surface area contributed by atoms with Crippen LogP contribution in [-0.2, 0) is 6.42 Å². The molecule has 1 aliphatic carbocycles. The van der Waals surface area contributed by atoms with E-state index in [4.69, 9.17) is 0 Å². The van der Waals surface area contributed by atoms with Crippen LogP contribution < -0.4 is 5.32 Å². The van der Waals surface area contributed by atoms with E-state index in [1.165, 1.54) is 49.1 Å². The number of aryl methyl sites for hydroxylation is 1. The fourth-order valence-electron chi connectivity index (χ4n) is 3.18. The van der Waals surface area contributed by atoms with Crippen LogP contribution in [0.4, 0.5) is 0 Å². The highest BCUT2D eigenvalue weighted by Gasteiger charge is 2.23. The molecule has 1 aromatic heterocycles. The molecule has 1 fully saturated rings. The quantitative estimate of drug-likeness (QED) is 0.817. The highest BCUT2D eigenvalue weighted by molar-refractivity contribution is 7.05. The first kappa shape index (κ1) is 14.9. The standard InChI is InChI=1S/C15H27N3S/c1-3-8-13-15(19-18-17-13)14(16-4-2)11-12-9-6-5-7-10-12/h12,14,16H,3-11H2,1-2H3. The minimum absolute atomic E-state index is 0.481. The van der Waals surface area contributed by atoms with Crippen LogP contribution in [0.1, 0.15) is 75.4 Å². The van der Waals surface area contributed by atoms with Gasteiger partial charge in [-0.1, -0.05) is 56.9 Å². The summed E-state index contributed by atoms with van der Waals surface area (Å²) in [6.45, 7) is 5.44. The third-order valence-corrected chi connectivity index (χ3v) is 5.01. The van der Waals surface area contributed by atoms with Crippen molar-refractivity contribution in [1.82, 2.24) is 14.9 Å². The Bertz CT molecular complexity index is 358. The maximum atomic E-state index is 4.33. The number of aromatic nitrogens is 2. The van der Waals surface area contributed by atoms with Crippen LogP contribution in [0.15, 0.2) is 0 Å². The summed E-state index contributed by atoms with van der Waals surface area (Å²) in [5.74, 6) is 0.898. The van der Waals surface area contributed by atoms with Gasteiger partial charge in [0.2, 0.25) is 0 Å². The van der Waals surface area contributed by atoms with E-state index in [1.54, 1.807) is 11.5 Å². The van der Waals surface area contributed by atoms with Crippen molar-refractivity contribution in [3.63, 3.8) is 0 Å². The zero-order valence-electron chi connectivity index (χ0n) is 12.3. The number of hydrogen-bond acceptors (Lipinski definition) is 4. The Kier molecular flexibility index (Phi) is 6.24. The van der Waals surface area contributed by atoms with E-state index in [2.05, 4.69) is 28.8 Å². The van der Waals surface area contributed by atoms with Gasteiger partial charge in [-0.05, 0) is 36.8 Å². The average Bonchev–Trinajstić information content (AvgIpc) is 2.88. The number of nitrogens with one attached hydrogen (secondary N) is 1. The van der Waals surface area contributed by atoms with Gasteiger partial charge in [0, 0.05) is 6.04 Å². The third kappa shape index (κ3) is 4.25. The van der Waals surface area contributed by atoms with Crippen LogP contribution in [0, 0.1) is 5.92 Å². The molecule has 4 heteroatoms. The van der Waals surface area contributed by atoms with Crippen molar-refractivity contribution in [2.24, 2.45) is 5.92 Å². The maximum Gasteiger partial charge on any atom is 0.0803 e. The maximum absolute atomic E-state index is 4.33. The first-order valence-electron chi connectivity index (χ1n) is 7.89.